The van der Waals surface area contributed by atoms with E-state index in [0.717, 1.165) is 62.1 Å². The zero-order chi connectivity index (χ0) is 39.5. The monoisotopic (exact) mass is 773 g/mol. The van der Waals surface area contributed by atoms with Crippen molar-refractivity contribution in [3.05, 3.63) is 82.8 Å². The van der Waals surface area contributed by atoms with Gasteiger partial charge in [0.05, 0.1) is 18.0 Å². The third kappa shape index (κ3) is 6.66. The van der Waals surface area contributed by atoms with E-state index in [-0.39, 0.29) is 42.2 Å². The van der Waals surface area contributed by atoms with Gasteiger partial charge in [-0.2, -0.15) is 5.10 Å². The molecule has 4 aromatic rings. The third-order valence-electron chi connectivity index (χ3n) is 12.3. The summed E-state index contributed by atoms with van der Waals surface area (Å²) in [6.07, 6.45) is 9.08. The zero-order valence-corrected chi connectivity index (χ0v) is 32.4. The van der Waals surface area contributed by atoms with Crippen LogP contribution in [0.25, 0.3) is 5.65 Å². The van der Waals surface area contributed by atoms with Crippen LogP contribution in [0.4, 0.5) is 11.4 Å². The average Bonchev–Trinajstić information content (AvgIpc) is 3.86. The molecule has 1 aliphatic carbocycles. The summed E-state index contributed by atoms with van der Waals surface area (Å²) >= 11 is 0. The number of fused-ring (bicyclic) bond motifs is 3. The summed E-state index contributed by atoms with van der Waals surface area (Å²) in [5.41, 5.74) is 5.34. The summed E-state index contributed by atoms with van der Waals surface area (Å²) in [4.78, 5) is 77.7. The molecule has 2 saturated heterocycles. The quantitative estimate of drug-likeness (QED) is 0.226. The van der Waals surface area contributed by atoms with Gasteiger partial charge in [-0.1, -0.05) is 13.0 Å². The number of imide groups is 1. The maximum absolute atomic E-state index is 13.9. The molecule has 15 nitrogen and oxygen atoms in total. The summed E-state index contributed by atoms with van der Waals surface area (Å²) in [5.74, 6) is -0.741. The number of hydrogen-bond donors (Lipinski definition) is 2. The lowest BCUT2D eigenvalue weighted by Crippen LogP contribution is -2.62. The van der Waals surface area contributed by atoms with Gasteiger partial charge in [0.15, 0.2) is 5.65 Å². The number of piperidine rings is 1. The largest absolute Gasteiger partial charge is 0.489 e. The van der Waals surface area contributed by atoms with Crippen LogP contribution in [0.1, 0.15) is 101 Å². The number of hydrogen-bond acceptors (Lipinski definition) is 10. The fourth-order valence-corrected chi connectivity index (χ4v) is 9.42. The summed E-state index contributed by atoms with van der Waals surface area (Å²) in [7, 11) is 0. The number of nitrogens with one attached hydrogen (secondary N) is 2. The van der Waals surface area contributed by atoms with Crippen molar-refractivity contribution in [1.82, 2.24) is 34.6 Å². The molecule has 4 aliphatic heterocycles. The first kappa shape index (κ1) is 36.8. The molecule has 2 aromatic carbocycles. The van der Waals surface area contributed by atoms with Crippen LogP contribution < -0.4 is 20.3 Å². The Kier molecular flexibility index (Phi) is 9.42. The molecule has 2 N–H and O–H groups in total. The Labute approximate surface area is 330 Å². The number of carbonyl (C=O) groups excluding carboxylic acids is 5. The number of nitrogens with zero attached hydrogens (tertiary/aromatic N) is 7. The Hall–Kier alpha value is -5.83. The highest BCUT2D eigenvalue weighted by molar-refractivity contribution is 6.09. The topological polar surface area (TPSA) is 162 Å². The molecule has 9 rings (SSSR count). The van der Waals surface area contributed by atoms with Gasteiger partial charge in [-0.05, 0) is 94.0 Å². The standard InChI is InChI=1S/C42H47N9O6/c1-4-48(30-22-47(23-30)29-7-6-25-20-50(42(56)31(25)17-29)35-12-13-37(52)46-40(35)54)27-8-10-28(11-9-27)49-21-26-16-34(36(57-24(2)3)18-32(26)41(49)55)45-39(53)33-19-44-51-15-5-14-43-38(33)51/h5-7,14-19,24,27-28,30,35H,4,8-13,20-23H2,1-3H3,(H,45,53)(H,46,52,54). The van der Waals surface area contributed by atoms with Gasteiger partial charge >= 0.3 is 0 Å². The van der Waals surface area contributed by atoms with Gasteiger partial charge in [0.1, 0.15) is 17.4 Å². The third-order valence-corrected chi connectivity index (χ3v) is 12.3. The molecule has 0 spiro atoms. The second-order valence-corrected chi connectivity index (χ2v) is 16.1. The molecule has 1 unspecified atom stereocenters. The van der Waals surface area contributed by atoms with Gasteiger partial charge < -0.3 is 24.8 Å². The summed E-state index contributed by atoms with van der Waals surface area (Å²) < 4.78 is 7.67. The predicted octanol–water partition coefficient (Wildman–Crippen LogP) is 4.01. The lowest BCUT2D eigenvalue weighted by atomic mass is 9.87. The molecule has 1 atom stereocenters. The minimum Gasteiger partial charge on any atom is -0.489 e. The molecule has 57 heavy (non-hydrogen) atoms. The van der Waals surface area contributed by atoms with Crippen LogP contribution in [0.2, 0.25) is 0 Å². The number of benzene rings is 2. The number of aromatic nitrogens is 3. The molecule has 0 radical (unpaired) electrons. The molecule has 5 amide bonds. The average molecular weight is 774 g/mol. The van der Waals surface area contributed by atoms with Crippen molar-refractivity contribution in [2.24, 2.45) is 0 Å². The van der Waals surface area contributed by atoms with Crippen LogP contribution in [0, 0.1) is 0 Å². The van der Waals surface area contributed by atoms with Crippen molar-refractivity contribution < 1.29 is 28.7 Å². The van der Waals surface area contributed by atoms with Crippen LogP contribution in [-0.4, -0.2) is 109 Å². The predicted molar refractivity (Wildman–Crippen MR) is 210 cm³/mol. The van der Waals surface area contributed by atoms with E-state index in [1.54, 1.807) is 33.9 Å². The van der Waals surface area contributed by atoms with Crippen molar-refractivity contribution in [1.29, 1.82) is 0 Å². The number of likely N-dealkylation sites (N-methyl/N-ethyl adjacent to an activating group) is 1. The fourth-order valence-electron chi connectivity index (χ4n) is 9.42. The van der Waals surface area contributed by atoms with E-state index in [0.29, 0.717) is 65.4 Å². The Morgan fingerprint density at radius 3 is 2.46 bits per heavy atom. The second-order valence-electron chi connectivity index (χ2n) is 16.1. The van der Waals surface area contributed by atoms with Gasteiger partial charge in [0, 0.05) is 79.9 Å². The first-order chi connectivity index (χ1) is 27.6. The Morgan fingerprint density at radius 2 is 1.70 bits per heavy atom. The van der Waals surface area contributed by atoms with E-state index in [4.69, 9.17) is 4.74 Å². The van der Waals surface area contributed by atoms with Gasteiger partial charge in [-0.15, -0.1) is 0 Å². The summed E-state index contributed by atoms with van der Waals surface area (Å²) in [6.45, 7) is 9.57. The molecule has 2 aromatic heterocycles. The van der Waals surface area contributed by atoms with E-state index in [2.05, 4.69) is 43.5 Å². The van der Waals surface area contributed by atoms with E-state index in [9.17, 15) is 24.0 Å². The molecular weight excluding hydrogens is 727 g/mol. The fraction of sp³-hybridized carbons (Fsp3) is 0.452. The van der Waals surface area contributed by atoms with Crippen molar-refractivity contribution in [3.8, 4) is 5.75 Å². The zero-order valence-electron chi connectivity index (χ0n) is 32.4. The van der Waals surface area contributed by atoms with Crippen molar-refractivity contribution in [2.75, 3.05) is 29.9 Å². The van der Waals surface area contributed by atoms with E-state index >= 15 is 0 Å². The van der Waals surface area contributed by atoms with Crippen molar-refractivity contribution >= 4 is 46.6 Å². The van der Waals surface area contributed by atoms with Crippen LogP contribution in [-0.2, 0) is 22.7 Å². The highest BCUT2D eigenvalue weighted by Crippen LogP contribution is 2.39. The molecule has 3 fully saturated rings. The van der Waals surface area contributed by atoms with Crippen LogP contribution in [0.5, 0.6) is 5.75 Å². The molecule has 15 heteroatoms. The first-order valence-corrected chi connectivity index (χ1v) is 20.1. The molecule has 6 heterocycles. The Morgan fingerprint density at radius 1 is 0.947 bits per heavy atom. The molecule has 296 valence electrons. The summed E-state index contributed by atoms with van der Waals surface area (Å²) in [5, 5.41) is 9.62. The highest BCUT2D eigenvalue weighted by Gasteiger charge is 2.42. The smallest absolute Gasteiger partial charge is 0.261 e. The summed E-state index contributed by atoms with van der Waals surface area (Å²) in [6, 6.07) is 11.7. The van der Waals surface area contributed by atoms with Crippen molar-refractivity contribution in [3.63, 3.8) is 0 Å². The van der Waals surface area contributed by atoms with Gasteiger partial charge in [-0.25, -0.2) is 9.50 Å². The van der Waals surface area contributed by atoms with Crippen molar-refractivity contribution in [2.45, 2.75) is 103 Å². The van der Waals surface area contributed by atoms with Gasteiger partial charge in [-0.3, -0.25) is 34.2 Å². The van der Waals surface area contributed by atoms with Crippen LogP contribution in [0.3, 0.4) is 0 Å². The normalized spacial score (nSPS) is 22.3. The maximum Gasteiger partial charge on any atom is 0.261 e. The number of rotatable bonds is 10. The van der Waals surface area contributed by atoms with E-state index in [1.807, 2.05) is 36.9 Å². The number of ether oxygens (including phenoxy) is 1. The Bertz CT molecular complexity index is 2290. The first-order valence-electron chi connectivity index (χ1n) is 20.1. The van der Waals surface area contributed by atoms with Gasteiger partial charge in [0.25, 0.3) is 17.7 Å². The second kappa shape index (κ2) is 14.6. The van der Waals surface area contributed by atoms with E-state index < -0.39 is 11.9 Å². The lowest BCUT2D eigenvalue weighted by molar-refractivity contribution is -0.136. The molecule has 5 aliphatic rings. The Balaban J connectivity index is 0.815. The highest BCUT2D eigenvalue weighted by atomic mass is 16.5. The SMILES string of the molecule is CCN(C1CCC(N2Cc3cc(NC(=O)c4cnn5cccnc45)c(OC(C)C)cc3C2=O)CC1)C1CN(c2ccc3c(c2)C(=O)N(C2CCC(=O)NC2=O)C3)C1. The number of anilines is 2. The van der Waals surface area contributed by atoms with Crippen LogP contribution >= 0.6 is 0 Å². The van der Waals surface area contributed by atoms with E-state index in [1.165, 1.54) is 6.20 Å². The maximum atomic E-state index is 13.9. The number of amides is 5. The molecule has 0 bridgehead atoms. The molecular formula is C42H47N9O6. The minimum atomic E-state index is -0.621. The molecule has 1 saturated carbocycles. The van der Waals surface area contributed by atoms with Gasteiger partial charge in [0.2, 0.25) is 11.8 Å². The number of carbonyl (C=O) groups is 5. The van der Waals surface area contributed by atoms with Crippen LogP contribution in [0.15, 0.2) is 55.0 Å². The minimum absolute atomic E-state index is 0.00167. The lowest BCUT2D eigenvalue weighted by Gasteiger charge is -2.50.